The van der Waals surface area contributed by atoms with Gasteiger partial charge in [-0.1, -0.05) is 0 Å². The summed E-state index contributed by atoms with van der Waals surface area (Å²) >= 11 is 0. The van der Waals surface area contributed by atoms with Gasteiger partial charge in [-0.2, -0.15) is 13.2 Å². The number of nitrogens with zero attached hydrogens (tertiary/aromatic N) is 3. The van der Waals surface area contributed by atoms with Crippen molar-refractivity contribution in [2.24, 2.45) is 7.05 Å². The smallest absolute Gasteiger partial charge is 0.451 e. The Hall–Kier alpha value is -1.80. The summed E-state index contributed by atoms with van der Waals surface area (Å²) in [5, 5.41) is 3.04. The molecular weight excluding hydrogens is 243 g/mol. The number of carbonyl (C=O) groups is 1. The van der Waals surface area contributed by atoms with Gasteiger partial charge in [-0.25, -0.2) is 9.48 Å². The first-order valence-electron chi connectivity index (χ1n) is 4.64. The quantitative estimate of drug-likeness (QED) is 0.720. The van der Waals surface area contributed by atoms with Gasteiger partial charge in [-0.15, -0.1) is 5.10 Å². The third kappa shape index (κ3) is 2.86. The van der Waals surface area contributed by atoms with Crippen LogP contribution in [0.15, 0.2) is 4.79 Å². The predicted octanol–water partition coefficient (Wildman–Crippen LogP) is 0.164. The lowest BCUT2D eigenvalue weighted by Gasteiger charge is -2.02. The van der Waals surface area contributed by atoms with Gasteiger partial charge in [-0.05, 0) is 6.92 Å². The van der Waals surface area contributed by atoms with Gasteiger partial charge in [0.15, 0.2) is 0 Å². The van der Waals surface area contributed by atoms with Crippen molar-refractivity contribution in [1.29, 1.82) is 0 Å². The lowest BCUT2D eigenvalue weighted by atomic mass is 10.6. The van der Waals surface area contributed by atoms with E-state index in [-0.39, 0.29) is 6.61 Å². The summed E-state index contributed by atoms with van der Waals surface area (Å²) in [6.45, 7) is 0.976. The van der Waals surface area contributed by atoms with Crippen LogP contribution in [0.2, 0.25) is 0 Å². The number of halogens is 3. The molecule has 1 heterocycles. The van der Waals surface area contributed by atoms with Crippen molar-refractivity contribution in [3.8, 4) is 0 Å². The highest BCUT2D eigenvalue weighted by Gasteiger charge is 2.38. The summed E-state index contributed by atoms with van der Waals surface area (Å²) in [5.74, 6) is -2.17. The van der Waals surface area contributed by atoms with E-state index in [1.165, 1.54) is 0 Å². The second-order valence-corrected chi connectivity index (χ2v) is 3.13. The van der Waals surface area contributed by atoms with Crippen LogP contribution in [0.1, 0.15) is 12.7 Å². The fourth-order valence-electron chi connectivity index (χ4n) is 1.17. The summed E-state index contributed by atoms with van der Waals surface area (Å²) in [5.41, 5.74) is -1.02. The van der Waals surface area contributed by atoms with Crippen LogP contribution in [0.25, 0.3) is 0 Å². The normalized spacial score (nSPS) is 11.6. The van der Waals surface area contributed by atoms with Crippen molar-refractivity contribution >= 4 is 5.97 Å². The molecule has 0 aliphatic carbocycles. The summed E-state index contributed by atoms with van der Waals surface area (Å²) in [6, 6.07) is 0. The highest BCUT2D eigenvalue weighted by atomic mass is 19.4. The molecule has 0 spiro atoms. The molecular formula is C8H10F3N3O3. The van der Waals surface area contributed by atoms with Gasteiger partial charge in [0.2, 0.25) is 5.82 Å². The van der Waals surface area contributed by atoms with Crippen LogP contribution in [0.4, 0.5) is 13.2 Å². The minimum atomic E-state index is -4.74. The number of hydrogen-bond acceptors (Lipinski definition) is 4. The van der Waals surface area contributed by atoms with E-state index in [1.54, 1.807) is 6.92 Å². The van der Waals surface area contributed by atoms with Crippen molar-refractivity contribution in [1.82, 2.24) is 14.3 Å². The lowest BCUT2D eigenvalue weighted by Crippen LogP contribution is -2.27. The lowest BCUT2D eigenvalue weighted by molar-refractivity contribution is -0.148. The summed E-state index contributed by atoms with van der Waals surface area (Å²) in [4.78, 5) is 22.4. The SMILES string of the molecule is CCOC(=O)Cn1nc(C(F)(F)F)n(C)c1=O. The average Bonchev–Trinajstić information content (AvgIpc) is 2.46. The van der Waals surface area contributed by atoms with Crippen LogP contribution in [0, 0.1) is 0 Å². The Morgan fingerprint density at radius 3 is 2.47 bits per heavy atom. The van der Waals surface area contributed by atoms with Gasteiger partial charge in [0.05, 0.1) is 6.61 Å². The Morgan fingerprint density at radius 1 is 1.47 bits per heavy atom. The van der Waals surface area contributed by atoms with E-state index in [0.29, 0.717) is 9.25 Å². The number of rotatable bonds is 3. The van der Waals surface area contributed by atoms with Crippen molar-refractivity contribution in [3.05, 3.63) is 16.3 Å². The highest BCUT2D eigenvalue weighted by molar-refractivity contribution is 5.68. The van der Waals surface area contributed by atoms with Crippen LogP contribution >= 0.6 is 0 Å². The number of ether oxygens (including phenoxy) is 1. The molecule has 0 aliphatic rings. The van der Waals surface area contributed by atoms with E-state index >= 15 is 0 Å². The summed E-state index contributed by atoms with van der Waals surface area (Å²) in [7, 11) is 0.930. The van der Waals surface area contributed by atoms with E-state index in [1.807, 2.05) is 0 Å². The second-order valence-electron chi connectivity index (χ2n) is 3.13. The van der Waals surface area contributed by atoms with Crippen LogP contribution in [0.5, 0.6) is 0 Å². The number of aromatic nitrogens is 3. The standard InChI is InChI=1S/C8H10F3N3O3/c1-3-17-5(15)4-14-7(16)13(2)6(12-14)8(9,10)11/h3-4H2,1-2H3. The molecule has 0 amide bonds. The molecule has 1 rings (SSSR count). The number of alkyl halides is 3. The largest absolute Gasteiger partial charge is 0.465 e. The van der Waals surface area contributed by atoms with Crippen molar-refractivity contribution in [2.75, 3.05) is 6.61 Å². The Kier molecular flexibility index (Phi) is 3.59. The fraction of sp³-hybridized carbons (Fsp3) is 0.625. The summed E-state index contributed by atoms with van der Waals surface area (Å²) in [6.07, 6.45) is -4.74. The van der Waals surface area contributed by atoms with Crippen LogP contribution < -0.4 is 5.69 Å². The first-order chi connectivity index (χ1) is 7.77. The Bertz CT molecular complexity index is 475. The molecule has 0 atom stereocenters. The molecule has 0 N–H and O–H groups in total. The third-order valence-corrected chi connectivity index (χ3v) is 1.88. The maximum atomic E-state index is 12.4. The van der Waals surface area contributed by atoms with E-state index in [4.69, 9.17) is 0 Å². The van der Waals surface area contributed by atoms with E-state index < -0.39 is 30.2 Å². The molecule has 1 aromatic heterocycles. The average molecular weight is 253 g/mol. The molecule has 0 radical (unpaired) electrons. The molecule has 17 heavy (non-hydrogen) atoms. The summed E-state index contributed by atoms with van der Waals surface area (Å²) < 4.78 is 42.4. The molecule has 9 heteroatoms. The zero-order valence-corrected chi connectivity index (χ0v) is 9.11. The highest BCUT2D eigenvalue weighted by Crippen LogP contribution is 2.25. The van der Waals surface area contributed by atoms with Gasteiger partial charge >= 0.3 is 17.8 Å². The number of esters is 1. The van der Waals surface area contributed by atoms with Gasteiger partial charge < -0.3 is 4.74 Å². The maximum Gasteiger partial charge on any atom is 0.451 e. The monoisotopic (exact) mass is 253 g/mol. The van der Waals surface area contributed by atoms with Gasteiger partial charge in [0.25, 0.3) is 0 Å². The maximum absolute atomic E-state index is 12.4. The van der Waals surface area contributed by atoms with Crippen molar-refractivity contribution in [2.45, 2.75) is 19.6 Å². The molecule has 0 saturated heterocycles. The molecule has 0 unspecified atom stereocenters. The van der Waals surface area contributed by atoms with Gasteiger partial charge in [0, 0.05) is 7.05 Å². The fourth-order valence-corrected chi connectivity index (χ4v) is 1.17. The first kappa shape index (κ1) is 13.3. The molecule has 0 bridgehead atoms. The minimum absolute atomic E-state index is 0.0759. The van der Waals surface area contributed by atoms with Crippen LogP contribution in [-0.4, -0.2) is 26.9 Å². The van der Waals surface area contributed by atoms with Crippen molar-refractivity contribution in [3.63, 3.8) is 0 Å². The molecule has 6 nitrogen and oxygen atoms in total. The molecule has 0 saturated carbocycles. The molecule has 0 aliphatic heterocycles. The molecule has 0 aromatic carbocycles. The van der Waals surface area contributed by atoms with E-state index in [0.717, 1.165) is 7.05 Å². The zero-order valence-electron chi connectivity index (χ0n) is 9.11. The van der Waals surface area contributed by atoms with Crippen LogP contribution in [-0.2, 0) is 29.3 Å². The third-order valence-electron chi connectivity index (χ3n) is 1.88. The molecule has 0 fully saturated rings. The zero-order chi connectivity index (χ0) is 13.2. The van der Waals surface area contributed by atoms with Crippen LogP contribution in [0.3, 0.4) is 0 Å². The Labute approximate surface area is 93.6 Å². The topological polar surface area (TPSA) is 66.1 Å². The van der Waals surface area contributed by atoms with Crippen molar-refractivity contribution < 1.29 is 22.7 Å². The Balaban J connectivity index is 3.04. The van der Waals surface area contributed by atoms with Gasteiger partial charge in [0.1, 0.15) is 6.54 Å². The predicted molar refractivity (Wildman–Crippen MR) is 49.1 cm³/mol. The molecule has 96 valence electrons. The minimum Gasteiger partial charge on any atom is -0.465 e. The Morgan fingerprint density at radius 2 is 2.06 bits per heavy atom. The van der Waals surface area contributed by atoms with E-state index in [9.17, 15) is 22.8 Å². The van der Waals surface area contributed by atoms with Gasteiger partial charge in [-0.3, -0.25) is 9.36 Å². The molecule has 1 aromatic rings. The number of carbonyl (C=O) groups excluding carboxylic acids is 1. The second kappa shape index (κ2) is 4.60. The van der Waals surface area contributed by atoms with E-state index in [2.05, 4.69) is 9.84 Å². The first-order valence-corrected chi connectivity index (χ1v) is 4.64. The number of hydrogen-bond donors (Lipinski definition) is 0.